The normalized spacial score (nSPS) is 14.4. The number of nitrogens with two attached hydrogens (primary N) is 1. The number of hydrogen-bond acceptors (Lipinski definition) is 1. The van der Waals surface area contributed by atoms with Crippen molar-refractivity contribution in [2.45, 2.75) is 26.3 Å². The first-order valence-electron chi connectivity index (χ1n) is 5.89. The van der Waals surface area contributed by atoms with E-state index >= 15 is 0 Å². The third kappa shape index (κ3) is 2.51. The van der Waals surface area contributed by atoms with Gasteiger partial charge in [-0.2, -0.15) is 0 Å². The summed E-state index contributed by atoms with van der Waals surface area (Å²) in [5.41, 5.74) is 7.69. The molecule has 1 unspecified atom stereocenters. The Balaban J connectivity index is 2.43. The highest BCUT2D eigenvalue weighted by atomic mass is 14.8. The molecule has 0 radical (unpaired) electrons. The van der Waals surface area contributed by atoms with Gasteiger partial charge in [0.15, 0.2) is 0 Å². The third-order valence-corrected chi connectivity index (χ3v) is 2.71. The number of aromatic nitrogens is 1. The van der Waals surface area contributed by atoms with E-state index in [-0.39, 0.29) is 0 Å². The largest absolute Gasteiger partial charge is 0.356 e. The van der Waals surface area contributed by atoms with E-state index in [9.17, 15) is 0 Å². The number of hydrogen-bond donors (Lipinski definition) is 2. The summed E-state index contributed by atoms with van der Waals surface area (Å²) < 4.78 is 0. The summed E-state index contributed by atoms with van der Waals surface area (Å²) in [5, 5.41) is 1.17. The summed E-state index contributed by atoms with van der Waals surface area (Å²) in [7, 11) is 0. The molecule has 0 aliphatic carbocycles. The fourth-order valence-electron chi connectivity index (χ4n) is 1.71. The van der Waals surface area contributed by atoms with Gasteiger partial charge in [-0.15, -0.1) is 0 Å². The minimum absolute atomic E-state index is 0.335. The minimum atomic E-state index is -0.622. The van der Waals surface area contributed by atoms with Crippen molar-refractivity contribution in [1.82, 2.24) is 4.98 Å². The van der Waals surface area contributed by atoms with Crippen LogP contribution in [0, 0.1) is 17.8 Å². The van der Waals surface area contributed by atoms with E-state index < -0.39 is 5.54 Å². The number of para-hydroxylation sites is 1. The van der Waals surface area contributed by atoms with E-state index in [1.807, 2.05) is 25.1 Å². The second-order valence-electron chi connectivity index (χ2n) is 4.90. The standard InChI is InChI=1S/C15H18N2/c1-11(2)8-9-15(3,16)14-10-12-6-4-5-7-13(12)17-14/h4-7,10-11,17H,16H2,1-3H3. The van der Waals surface area contributed by atoms with Gasteiger partial charge in [0.25, 0.3) is 0 Å². The summed E-state index contributed by atoms with van der Waals surface area (Å²) in [5.74, 6) is 6.60. The summed E-state index contributed by atoms with van der Waals surface area (Å²) in [4.78, 5) is 3.33. The molecule has 1 aromatic heterocycles. The van der Waals surface area contributed by atoms with Crippen LogP contribution >= 0.6 is 0 Å². The van der Waals surface area contributed by atoms with Gasteiger partial charge < -0.3 is 10.7 Å². The first kappa shape index (κ1) is 11.8. The molecule has 1 heterocycles. The van der Waals surface area contributed by atoms with Crippen molar-refractivity contribution < 1.29 is 0 Å². The molecule has 0 saturated carbocycles. The zero-order valence-electron chi connectivity index (χ0n) is 10.5. The average Bonchev–Trinajstić information content (AvgIpc) is 2.71. The van der Waals surface area contributed by atoms with Crippen LogP contribution < -0.4 is 5.73 Å². The van der Waals surface area contributed by atoms with Crippen LogP contribution in [0.5, 0.6) is 0 Å². The predicted octanol–water partition coefficient (Wildman–Crippen LogP) is 3.00. The van der Waals surface area contributed by atoms with Gasteiger partial charge in [-0.3, -0.25) is 0 Å². The van der Waals surface area contributed by atoms with Crippen molar-refractivity contribution >= 4 is 10.9 Å². The van der Waals surface area contributed by atoms with Gasteiger partial charge in [-0.25, -0.2) is 0 Å². The second kappa shape index (κ2) is 4.27. The van der Waals surface area contributed by atoms with Gasteiger partial charge >= 0.3 is 0 Å². The van der Waals surface area contributed by atoms with Crippen molar-refractivity contribution in [3.8, 4) is 11.8 Å². The zero-order chi connectivity index (χ0) is 12.5. The molecule has 0 aliphatic heterocycles. The van der Waals surface area contributed by atoms with Crippen LogP contribution in [0.4, 0.5) is 0 Å². The lowest BCUT2D eigenvalue weighted by atomic mass is 9.99. The number of H-pyrrole nitrogens is 1. The maximum Gasteiger partial charge on any atom is 0.115 e. The van der Waals surface area contributed by atoms with Gasteiger partial charge in [0, 0.05) is 17.1 Å². The lowest BCUT2D eigenvalue weighted by Gasteiger charge is -2.15. The van der Waals surface area contributed by atoms with Crippen LogP contribution in [0.2, 0.25) is 0 Å². The number of benzene rings is 1. The molecule has 1 atom stereocenters. The maximum atomic E-state index is 6.25. The Morgan fingerprint density at radius 1 is 1.29 bits per heavy atom. The average molecular weight is 226 g/mol. The molecule has 0 aliphatic rings. The topological polar surface area (TPSA) is 41.8 Å². The van der Waals surface area contributed by atoms with Crippen LogP contribution in [0.25, 0.3) is 10.9 Å². The molecule has 0 fully saturated rings. The zero-order valence-corrected chi connectivity index (χ0v) is 10.5. The van der Waals surface area contributed by atoms with Crippen LogP contribution in [-0.2, 0) is 5.54 Å². The maximum absolute atomic E-state index is 6.25. The first-order valence-corrected chi connectivity index (χ1v) is 5.89. The van der Waals surface area contributed by atoms with Crippen LogP contribution in [0.1, 0.15) is 26.5 Å². The fourth-order valence-corrected chi connectivity index (χ4v) is 1.71. The Morgan fingerprint density at radius 3 is 2.65 bits per heavy atom. The van der Waals surface area contributed by atoms with Crippen molar-refractivity contribution in [3.05, 3.63) is 36.0 Å². The van der Waals surface area contributed by atoms with E-state index in [1.54, 1.807) is 0 Å². The van der Waals surface area contributed by atoms with Gasteiger partial charge in [0.2, 0.25) is 0 Å². The van der Waals surface area contributed by atoms with Gasteiger partial charge in [-0.1, -0.05) is 43.9 Å². The number of rotatable bonds is 1. The molecular formula is C15H18N2. The molecular weight excluding hydrogens is 208 g/mol. The molecule has 2 rings (SSSR count). The molecule has 1 aromatic carbocycles. The van der Waals surface area contributed by atoms with Crippen LogP contribution in [0.15, 0.2) is 30.3 Å². The van der Waals surface area contributed by atoms with E-state index in [0.29, 0.717) is 5.92 Å². The second-order valence-corrected chi connectivity index (χ2v) is 4.90. The van der Waals surface area contributed by atoms with Crippen molar-refractivity contribution in [2.24, 2.45) is 11.7 Å². The van der Waals surface area contributed by atoms with Gasteiger partial charge in [-0.05, 0) is 24.4 Å². The molecule has 2 aromatic rings. The summed E-state index contributed by atoms with van der Waals surface area (Å²) in [6.45, 7) is 6.07. The molecule has 0 saturated heterocycles. The summed E-state index contributed by atoms with van der Waals surface area (Å²) in [6, 6.07) is 10.2. The number of nitrogens with one attached hydrogen (secondary N) is 1. The predicted molar refractivity (Wildman–Crippen MR) is 72.5 cm³/mol. The monoisotopic (exact) mass is 226 g/mol. The smallest absolute Gasteiger partial charge is 0.115 e. The Hall–Kier alpha value is -1.72. The third-order valence-electron chi connectivity index (χ3n) is 2.71. The van der Waals surface area contributed by atoms with Crippen molar-refractivity contribution in [3.63, 3.8) is 0 Å². The Labute approximate surface area is 102 Å². The van der Waals surface area contributed by atoms with Crippen LogP contribution in [-0.4, -0.2) is 4.98 Å². The Morgan fingerprint density at radius 2 is 2.00 bits per heavy atom. The number of aromatic amines is 1. The van der Waals surface area contributed by atoms with Crippen molar-refractivity contribution in [1.29, 1.82) is 0 Å². The van der Waals surface area contributed by atoms with E-state index in [0.717, 1.165) is 11.2 Å². The highest BCUT2D eigenvalue weighted by Gasteiger charge is 2.20. The molecule has 17 heavy (non-hydrogen) atoms. The molecule has 0 amide bonds. The number of fused-ring (bicyclic) bond motifs is 1. The highest BCUT2D eigenvalue weighted by molar-refractivity contribution is 5.80. The lowest BCUT2D eigenvalue weighted by Crippen LogP contribution is -2.31. The highest BCUT2D eigenvalue weighted by Crippen LogP contribution is 2.22. The van der Waals surface area contributed by atoms with Gasteiger partial charge in [0.05, 0.1) is 0 Å². The molecule has 0 spiro atoms. The SMILES string of the molecule is CC(C)C#CC(C)(N)c1cc2ccccc2[nH]1. The molecule has 0 bridgehead atoms. The summed E-state index contributed by atoms with van der Waals surface area (Å²) in [6.07, 6.45) is 0. The molecule has 2 nitrogen and oxygen atoms in total. The van der Waals surface area contributed by atoms with Crippen molar-refractivity contribution in [2.75, 3.05) is 0 Å². The Bertz CT molecular complexity index is 546. The quantitative estimate of drug-likeness (QED) is 0.721. The first-order chi connectivity index (χ1) is 7.99. The summed E-state index contributed by atoms with van der Waals surface area (Å²) >= 11 is 0. The van der Waals surface area contributed by atoms with E-state index in [1.165, 1.54) is 5.39 Å². The Kier molecular flexibility index (Phi) is 2.95. The molecule has 88 valence electrons. The molecule has 2 heteroatoms. The molecule has 3 N–H and O–H groups in total. The van der Waals surface area contributed by atoms with Gasteiger partial charge in [0.1, 0.15) is 5.54 Å². The minimum Gasteiger partial charge on any atom is -0.356 e. The van der Waals surface area contributed by atoms with Crippen LogP contribution in [0.3, 0.4) is 0 Å². The van der Waals surface area contributed by atoms with E-state index in [2.05, 4.69) is 42.8 Å². The van der Waals surface area contributed by atoms with E-state index in [4.69, 9.17) is 5.73 Å². The lowest BCUT2D eigenvalue weighted by molar-refractivity contribution is 0.635. The fraction of sp³-hybridized carbons (Fsp3) is 0.333.